The Kier molecular flexibility index (Phi) is 5.51. The summed E-state index contributed by atoms with van der Waals surface area (Å²) < 4.78 is 5.21. The maximum atomic E-state index is 12.8. The highest BCUT2D eigenvalue weighted by Gasteiger charge is 2.24. The van der Waals surface area contributed by atoms with Gasteiger partial charge >= 0.3 is 0 Å². The number of hydrogen-bond acceptors (Lipinski definition) is 4. The number of amides is 1. The average Bonchev–Trinajstić information content (AvgIpc) is 2.94. The summed E-state index contributed by atoms with van der Waals surface area (Å²) in [7, 11) is 1.64. The zero-order valence-electron chi connectivity index (χ0n) is 14.8. The Morgan fingerprint density at radius 1 is 1.12 bits per heavy atom. The minimum absolute atomic E-state index is 0.00599. The Labute approximate surface area is 152 Å². The van der Waals surface area contributed by atoms with E-state index in [0.717, 1.165) is 25.0 Å². The summed E-state index contributed by atoms with van der Waals surface area (Å²) >= 11 is 0. The lowest BCUT2D eigenvalue weighted by atomic mass is 9.94. The van der Waals surface area contributed by atoms with Crippen molar-refractivity contribution in [3.8, 4) is 5.75 Å². The molecule has 1 aliphatic heterocycles. The lowest BCUT2D eigenvalue weighted by Gasteiger charge is -2.25. The van der Waals surface area contributed by atoms with Gasteiger partial charge in [-0.3, -0.25) is 14.9 Å². The molecule has 6 nitrogen and oxygen atoms in total. The second-order valence-corrected chi connectivity index (χ2v) is 6.52. The molecule has 3 rings (SSSR count). The molecule has 0 radical (unpaired) electrons. The first-order valence-corrected chi connectivity index (χ1v) is 8.76. The fraction of sp³-hybridized carbons (Fsp3) is 0.350. The number of carbonyl (C=O) groups excluding carboxylic acids is 1. The number of rotatable bonds is 4. The molecule has 2 aromatic carbocycles. The number of ether oxygens (including phenoxy) is 1. The second kappa shape index (κ2) is 7.99. The van der Waals surface area contributed by atoms with Crippen LogP contribution in [0.1, 0.15) is 41.1 Å². The van der Waals surface area contributed by atoms with E-state index >= 15 is 0 Å². The van der Waals surface area contributed by atoms with Gasteiger partial charge in [0.15, 0.2) is 0 Å². The maximum Gasteiger partial charge on any atom is 0.269 e. The van der Waals surface area contributed by atoms with Crippen LogP contribution < -0.4 is 4.74 Å². The van der Waals surface area contributed by atoms with Crippen molar-refractivity contribution in [2.75, 3.05) is 20.2 Å². The van der Waals surface area contributed by atoms with E-state index in [-0.39, 0.29) is 17.5 Å². The first-order valence-electron chi connectivity index (χ1n) is 8.76. The minimum Gasteiger partial charge on any atom is -0.497 e. The number of non-ortho nitro benzene ring substituents is 1. The minimum atomic E-state index is -0.458. The highest BCUT2D eigenvalue weighted by Crippen LogP contribution is 2.28. The van der Waals surface area contributed by atoms with E-state index in [9.17, 15) is 14.9 Å². The highest BCUT2D eigenvalue weighted by atomic mass is 16.6. The van der Waals surface area contributed by atoms with E-state index in [1.165, 1.54) is 29.8 Å². The number of methoxy groups -OCH3 is 1. The fourth-order valence-electron chi connectivity index (χ4n) is 3.38. The lowest BCUT2D eigenvalue weighted by molar-refractivity contribution is -0.384. The van der Waals surface area contributed by atoms with Crippen LogP contribution in [0.15, 0.2) is 48.5 Å². The summed E-state index contributed by atoms with van der Waals surface area (Å²) in [5.74, 6) is 1.03. The Balaban J connectivity index is 1.75. The van der Waals surface area contributed by atoms with Crippen LogP contribution in [0.4, 0.5) is 5.69 Å². The molecule has 136 valence electrons. The number of nitrogens with zero attached hydrogens (tertiary/aromatic N) is 2. The smallest absolute Gasteiger partial charge is 0.269 e. The van der Waals surface area contributed by atoms with E-state index in [2.05, 4.69) is 12.1 Å². The normalized spacial score (nSPS) is 17.4. The molecule has 1 unspecified atom stereocenters. The van der Waals surface area contributed by atoms with Gasteiger partial charge in [-0.05, 0) is 42.7 Å². The van der Waals surface area contributed by atoms with E-state index in [1.54, 1.807) is 7.11 Å². The van der Waals surface area contributed by atoms with Crippen LogP contribution in [0.3, 0.4) is 0 Å². The molecule has 1 heterocycles. The summed E-state index contributed by atoms with van der Waals surface area (Å²) in [6.07, 6.45) is 3.07. The zero-order chi connectivity index (χ0) is 18.5. The predicted molar refractivity (Wildman–Crippen MR) is 98.6 cm³/mol. The molecule has 1 atom stereocenters. The second-order valence-electron chi connectivity index (χ2n) is 6.52. The van der Waals surface area contributed by atoms with E-state index in [1.807, 2.05) is 17.0 Å². The summed E-state index contributed by atoms with van der Waals surface area (Å²) in [6, 6.07) is 13.8. The van der Waals surface area contributed by atoms with Crippen LogP contribution in [-0.2, 0) is 0 Å². The molecular weight excluding hydrogens is 332 g/mol. The Morgan fingerprint density at radius 2 is 1.81 bits per heavy atom. The molecule has 6 heteroatoms. The van der Waals surface area contributed by atoms with Crippen LogP contribution in [0.5, 0.6) is 5.75 Å². The molecule has 0 aromatic heterocycles. The van der Waals surface area contributed by atoms with Crippen molar-refractivity contribution >= 4 is 11.6 Å². The van der Waals surface area contributed by atoms with Crippen molar-refractivity contribution in [1.29, 1.82) is 0 Å². The number of benzene rings is 2. The third kappa shape index (κ3) is 4.02. The first kappa shape index (κ1) is 17.9. The van der Waals surface area contributed by atoms with Gasteiger partial charge in [0, 0.05) is 36.7 Å². The standard InChI is InChI=1S/C20H22N2O4/c1-26-19-11-7-15(8-12-19)17-4-2-3-13-21(14-17)20(23)16-5-9-18(10-6-16)22(24)25/h5-12,17H,2-4,13-14H2,1H3. The number of nitro benzene ring substituents is 1. The van der Waals surface area contributed by atoms with Gasteiger partial charge in [-0.15, -0.1) is 0 Å². The maximum absolute atomic E-state index is 12.8. The quantitative estimate of drug-likeness (QED) is 0.614. The van der Waals surface area contributed by atoms with Gasteiger partial charge < -0.3 is 9.64 Å². The van der Waals surface area contributed by atoms with Crippen molar-refractivity contribution in [3.63, 3.8) is 0 Å². The van der Waals surface area contributed by atoms with Crippen LogP contribution >= 0.6 is 0 Å². The third-order valence-electron chi connectivity index (χ3n) is 4.87. The first-order chi connectivity index (χ1) is 12.6. The summed E-state index contributed by atoms with van der Waals surface area (Å²) in [5.41, 5.74) is 1.69. The van der Waals surface area contributed by atoms with E-state index in [4.69, 9.17) is 4.74 Å². The van der Waals surface area contributed by atoms with Gasteiger partial charge in [-0.1, -0.05) is 18.6 Å². The monoisotopic (exact) mass is 354 g/mol. The molecular formula is C20H22N2O4. The molecule has 0 aliphatic carbocycles. The van der Waals surface area contributed by atoms with Gasteiger partial charge in [-0.25, -0.2) is 0 Å². The van der Waals surface area contributed by atoms with Gasteiger partial charge in [0.2, 0.25) is 0 Å². The molecule has 0 saturated carbocycles. The third-order valence-corrected chi connectivity index (χ3v) is 4.87. The molecule has 0 N–H and O–H groups in total. The summed E-state index contributed by atoms with van der Waals surface area (Å²) in [6.45, 7) is 1.37. The Hall–Kier alpha value is -2.89. The van der Waals surface area contributed by atoms with Crippen LogP contribution in [0, 0.1) is 10.1 Å². The Bertz CT molecular complexity index is 771. The average molecular weight is 354 g/mol. The van der Waals surface area contributed by atoms with Crippen molar-refractivity contribution in [1.82, 2.24) is 4.90 Å². The van der Waals surface area contributed by atoms with Crippen LogP contribution in [-0.4, -0.2) is 35.9 Å². The number of carbonyl (C=O) groups is 1. The molecule has 1 aliphatic rings. The van der Waals surface area contributed by atoms with Gasteiger partial charge in [-0.2, -0.15) is 0 Å². The molecule has 0 spiro atoms. The van der Waals surface area contributed by atoms with Crippen LogP contribution in [0.2, 0.25) is 0 Å². The summed E-state index contributed by atoms with van der Waals surface area (Å²) in [5, 5.41) is 10.8. The van der Waals surface area contributed by atoms with Crippen molar-refractivity contribution in [2.24, 2.45) is 0 Å². The fourth-order valence-corrected chi connectivity index (χ4v) is 3.38. The zero-order valence-corrected chi connectivity index (χ0v) is 14.8. The molecule has 0 bridgehead atoms. The van der Waals surface area contributed by atoms with Gasteiger partial charge in [0.05, 0.1) is 12.0 Å². The largest absolute Gasteiger partial charge is 0.497 e. The lowest BCUT2D eigenvalue weighted by Crippen LogP contribution is -2.34. The van der Waals surface area contributed by atoms with E-state index < -0.39 is 4.92 Å². The van der Waals surface area contributed by atoms with E-state index in [0.29, 0.717) is 18.7 Å². The van der Waals surface area contributed by atoms with Crippen molar-refractivity contribution in [2.45, 2.75) is 25.2 Å². The highest BCUT2D eigenvalue weighted by molar-refractivity contribution is 5.94. The summed E-state index contributed by atoms with van der Waals surface area (Å²) in [4.78, 5) is 25.0. The SMILES string of the molecule is COc1ccc(C2CCCCN(C(=O)c3ccc([N+](=O)[O-])cc3)C2)cc1. The molecule has 1 fully saturated rings. The Morgan fingerprint density at radius 3 is 2.42 bits per heavy atom. The molecule has 26 heavy (non-hydrogen) atoms. The van der Waals surface area contributed by atoms with Crippen LogP contribution in [0.25, 0.3) is 0 Å². The number of nitro groups is 1. The number of likely N-dealkylation sites (tertiary alicyclic amines) is 1. The van der Waals surface area contributed by atoms with Gasteiger partial charge in [0.1, 0.15) is 5.75 Å². The topological polar surface area (TPSA) is 72.7 Å². The van der Waals surface area contributed by atoms with Crippen molar-refractivity contribution < 1.29 is 14.5 Å². The van der Waals surface area contributed by atoms with Gasteiger partial charge in [0.25, 0.3) is 11.6 Å². The molecule has 1 saturated heterocycles. The molecule has 1 amide bonds. The predicted octanol–water partition coefficient (Wildman–Crippen LogP) is 4.01. The molecule has 2 aromatic rings. The van der Waals surface area contributed by atoms with Crippen molar-refractivity contribution in [3.05, 3.63) is 69.8 Å². The number of hydrogen-bond donors (Lipinski definition) is 0.